The predicted molar refractivity (Wildman–Crippen MR) is 92.6 cm³/mol. The molecule has 3 fully saturated rings. The Balaban J connectivity index is 1.28. The van der Waals surface area contributed by atoms with E-state index in [4.69, 9.17) is 0 Å². The van der Waals surface area contributed by atoms with Crippen LogP contribution in [0.15, 0.2) is 12.4 Å². The Morgan fingerprint density at radius 1 is 1.23 bits per heavy atom. The highest BCUT2D eigenvalue weighted by Crippen LogP contribution is 2.33. The van der Waals surface area contributed by atoms with E-state index in [1.165, 1.54) is 38.1 Å². The van der Waals surface area contributed by atoms with Crippen molar-refractivity contribution in [3.63, 3.8) is 0 Å². The van der Waals surface area contributed by atoms with E-state index in [1.807, 2.05) is 4.90 Å². The number of piperazine rings is 1. The van der Waals surface area contributed by atoms with Gasteiger partial charge in [0.15, 0.2) is 0 Å². The zero-order valence-electron chi connectivity index (χ0n) is 15.0. The zero-order chi connectivity index (χ0) is 18.1. The summed E-state index contributed by atoms with van der Waals surface area (Å²) in [6.07, 6.45) is 8.68. The molecular formula is C18H27F2N5O. The second kappa shape index (κ2) is 7.60. The summed E-state index contributed by atoms with van der Waals surface area (Å²) >= 11 is 0. The summed E-state index contributed by atoms with van der Waals surface area (Å²) < 4.78 is 26.8. The van der Waals surface area contributed by atoms with Gasteiger partial charge in [-0.25, -0.2) is 4.98 Å². The molecule has 4 rings (SSSR count). The Hall–Kier alpha value is -1.54. The third-order valence-corrected chi connectivity index (χ3v) is 6.17. The molecule has 3 atom stereocenters. The smallest absolute Gasteiger partial charge is 0.319 e. The first-order valence-electron chi connectivity index (χ1n) is 9.69. The van der Waals surface area contributed by atoms with Crippen LogP contribution in [0.3, 0.4) is 0 Å². The molecule has 3 heterocycles. The molecule has 1 amide bonds. The molecule has 0 spiro atoms. The number of nitrogens with zero attached hydrogens (tertiary/aromatic N) is 4. The van der Waals surface area contributed by atoms with Crippen LogP contribution in [0, 0.1) is 5.92 Å². The average Bonchev–Trinajstić information content (AvgIpc) is 3.28. The number of carbonyl (C=O) groups is 1. The molecule has 2 aliphatic heterocycles. The summed E-state index contributed by atoms with van der Waals surface area (Å²) in [5.74, 6) is 1.25. The molecule has 1 aromatic rings. The molecule has 3 unspecified atom stereocenters. The van der Waals surface area contributed by atoms with Crippen molar-refractivity contribution in [3.05, 3.63) is 18.2 Å². The van der Waals surface area contributed by atoms with Crippen molar-refractivity contribution in [1.82, 2.24) is 24.7 Å². The van der Waals surface area contributed by atoms with E-state index >= 15 is 0 Å². The van der Waals surface area contributed by atoms with Crippen LogP contribution >= 0.6 is 0 Å². The number of hydrogen-bond donors (Lipinski definition) is 1. The summed E-state index contributed by atoms with van der Waals surface area (Å²) in [4.78, 5) is 20.9. The second-order valence-electron chi connectivity index (χ2n) is 7.74. The lowest BCUT2D eigenvalue weighted by Gasteiger charge is -2.35. The van der Waals surface area contributed by atoms with Gasteiger partial charge in [0.1, 0.15) is 5.82 Å². The number of fused-ring (bicyclic) bond motifs is 1. The number of carbonyl (C=O) groups excluding carboxylic acids is 1. The number of imidazole rings is 1. The molecule has 0 bridgehead atoms. The Morgan fingerprint density at radius 3 is 2.73 bits per heavy atom. The van der Waals surface area contributed by atoms with E-state index in [1.54, 1.807) is 0 Å². The Bertz CT molecular complexity index is 615. The van der Waals surface area contributed by atoms with E-state index in [0.29, 0.717) is 50.5 Å². The summed E-state index contributed by atoms with van der Waals surface area (Å²) in [5.41, 5.74) is 0. The third-order valence-electron chi connectivity index (χ3n) is 6.17. The van der Waals surface area contributed by atoms with Crippen LogP contribution in [-0.4, -0.2) is 63.5 Å². The third kappa shape index (κ3) is 3.62. The molecule has 2 saturated heterocycles. The first kappa shape index (κ1) is 17.9. The Labute approximate surface area is 152 Å². The van der Waals surface area contributed by atoms with Gasteiger partial charge in [-0.05, 0) is 25.2 Å². The molecule has 1 saturated carbocycles. The molecule has 144 valence electrons. The SMILES string of the molecule is O=C(C1CC2CCCCC2N1)N1CCN(Cc2nccn2C(F)F)CC1. The van der Waals surface area contributed by atoms with Gasteiger partial charge in [0.2, 0.25) is 5.91 Å². The van der Waals surface area contributed by atoms with E-state index in [-0.39, 0.29) is 11.9 Å². The van der Waals surface area contributed by atoms with Crippen LogP contribution in [0.4, 0.5) is 8.78 Å². The summed E-state index contributed by atoms with van der Waals surface area (Å²) in [6.45, 7) is 0.532. The van der Waals surface area contributed by atoms with Crippen LogP contribution in [0.2, 0.25) is 0 Å². The van der Waals surface area contributed by atoms with Crippen LogP contribution in [0.25, 0.3) is 0 Å². The van der Waals surface area contributed by atoms with Crippen molar-refractivity contribution in [3.8, 4) is 0 Å². The van der Waals surface area contributed by atoms with Gasteiger partial charge in [-0.15, -0.1) is 0 Å². The van der Waals surface area contributed by atoms with Gasteiger partial charge in [-0.1, -0.05) is 12.8 Å². The largest absolute Gasteiger partial charge is 0.339 e. The summed E-state index contributed by atoms with van der Waals surface area (Å²) in [7, 11) is 0. The van der Waals surface area contributed by atoms with E-state index in [9.17, 15) is 13.6 Å². The van der Waals surface area contributed by atoms with Gasteiger partial charge in [0.25, 0.3) is 0 Å². The molecule has 26 heavy (non-hydrogen) atoms. The summed E-state index contributed by atoms with van der Waals surface area (Å²) in [5, 5.41) is 3.56. The van der Waals surface area contributed by atoms with Crippen molar-refractivity contribution >= 4 is 5.91 Å². The van der Waals surface area contributed by atoms with Crippen molar-refractivity contribution in [2.75, 3.05) is 26.2 Å². The minimum absolute atomic E-state index is 0.0348. The molecule has 1 N–H and O–H groups in total. The maximum Gasteiger partial charge on any atom is 0.319 e. The number of alkyl halides is 2. The van der Waals surface area contributed by atoms with Crippen molar-refractivity contribution < 1.29 is 13.6 Å². The van der Waals surface area contributed by atoms with Crippen LogP contribution in [0.5, 0.6) is 0 Å². The first-order valence-corrected chi connectivity index (χ1v) is 9.69. The number of halogens is 2. The van der Waals surface area contributed by atoms with E-state index in [2.05, 4.69) is 15.2 Å². The molecular weight excluding hydrogens is 340 g/mol. The number of nitrogens with one attached hydrogen (secondary N) is 1. The van der Waals surface area contributed by atoms with Crippen LogP contribution in [0.1, 0.15) is 44.5 Å². The van der Waals surface area contributed by atoms with Crippen molar-refractivity contribution in [1.29, 1.82) is 0 Å². The quantitative estimate of drug-likeness (QED) is 0.882. The van der Waals surface area contributed by atoms with Crippen LogP contribution in [-0.2, 0) is 11.3 Å². The van der Waals surface area contributed by atoms with Gasteiger partial charge >= 0.3 is 6.55 Å². The highest BCUT2D eigenvalue weighted by atomic mass is 19.3. The second-order valence-corrected chi connectivity index (χ2v) is 7.74. The normalized spacial score (nSPS) is 30.0. The fraction of sp³-hybridized carbons (Fsp3) is 0.778. The number of hydrogen-bond acceptors (Lipinski definition) is 4. The van der Waals surface area contributed by atoms with Gasteiger partial charge in [0, 0.05) is 44.6 Å². The van der Waals surface area contributed by atoms with E-state index < -0.39 is 6.55 Å². The predicted octanol–water partition coefficient (Wildman–Crippen LogP) is 1.84. The highest BCUT2D eigenvalue weighted by Gasteiger charge is 2.40. The average molecular weight is 367 g/mol. The Morgan fingerprint density at radius 2 is 2.00 bits per heavy atom. The topological polar surface area (TPSA) is 53.4 Å². The fourth-order valence-electron chi connectivity index (χ4n) is 4.70. The minimum Gasteiger partial charge on any atom is -0.339 e. The highest BCUT2D eigenvalue weighted by molar-refractivity contribution is 5.82. The maximum absolute atomic E-state index is 12.9. The standard InChI is InChI=1S/C18H27F2N5O/c19-18(20)25-6-5-21-16(25)12-23-7-9-24(10-8-23)17(26)15-11-13-3-1-2-4-14(13)22-15/h5-6,13-15,18,22H,1-4,7-12H2. The molecule has 0 radical (unpaired) electrons. The van der Waals surface area contributed by atoms with Gasteiger partial charge in [0.05, 0.1) is 12.6 Å². The summed E-state index contributed by atoms with van der Waals surface area (Å²) in [6, 6.07) is 0.486. The van der Waals surface area contributed by atoms with E-state index in [0.717, 1.165) is 11.0 Å². The van der Waals surface area contributed by atoms with Gasteiger partial charge < -0.3 is 10.2 Å². The molecule has 1 aliphatic carbocycles. The lowest BCUT2D eigenvalue weighted by Crippen LogP contribution is -2.53. The van der Waals surface area contributed by atoms with Gasteiger partial charge in [-0.3, -0.25) is 14.3 Å². The monoisotopic (exact) mass is 367 g/mol. The number of rotatable bonds is 4. The van der Waals surface area contributed by atoms with Crippen molar-refractivity contribution in [2.24, 2.45) is 5.92 Å². The Kier molecular flexibility index (Phi) is 5.22. The lowest BCUT2D eigenvalue weighted by molar-refractivity contribution is -0.135. The molecule has 8 heteroatoms. The first-order chi connectivity index (χ1) is 12.6. The fourth-order valence-corrected chi connectivity index (χ4v) is 4.70. The number of aromatic nitrogens is 2. The zero-order valence-corrected chi connectivity index (χ0v) is 15.0. The minimum atomic E-state index is -2.56. The van der Waals surface area contributed by atoms with Crippen LogP contribution < -0.4 is 5.32 Å². The lowest BCUT2D eigenvalue weighted by atomic mass is 9.85. The molecule has 3 aliphatic rings. The molecule has 0 aromatic carbocycles. The molecule has 6 nitrogen and oxygen atoms in total. The molecule has 1 aromatic heterocycles. The maximum atomic E-state index is 12.9. The van der Waals surface area contributed by atoms with Gasteiger partial charge in [-0.2, -0.15) is 8.78 Å². The van der Waals surface area contributed by atoms with Crippen molar-refractivity contribution in [2.45, 2.75) is 57.3 Å². The number of amides is 1.